The Morgan fingerprint density at radius 1 is 1.05 bits per heavy atom. The number of nitrogens with zero attached hydrogens (tertiary/aromatic N) is 3. The van der Waals surface area contributed by atoms with Crippen LogP contribution in [0, 0.1) is 0 Å². The van der Waals surface area contributed by atoms with Gasteiger partial charge < -0.3 is 0 Å². The van der Waals surface area contributed by atoms with Crippen LogP contribution in [0.25, 0.3) is 11.8 Å². The Bertz CT molecular complexity index is 791. The van der Waals surface area contributed by atoms with Crippen LogP contribution < -0.4 is 0 Å². The Kier molecular flexibility index (Phi) is 4.12. The molecular weight excluding hydrogens is 298 g/mol. The fourth-order valence-electron chi connectivity index (χ4n) is 1.96. The van der Waals surface area contributed by atoms with Crippen LogP contribution in [0.15, 0.2) is 67.3 Å². The molecule has 0 fully saturated rings. The maximum absolute atomic E-state index is 12.0. The molecule has 0 saturated carbocycles. The Morgan fingerprint density at radius 3 is 2.41 bits per heavy atom. The predicted molar refractivity (Wildman–Crippen MR) is 86.2 cm³/mol. The highest BCUT2D eigenvalue weighted by atomic mass is 35.5. The number of carbonyl (C=O) groups is 1. The van der Waals surface area contributed by atoms with Crippen LogP contribution in [0.5, 0.6) is 0 Å². The molecule has 0 N–H and O–H groups in total. The predicted octanol–water partition coefficient (Wildman–Crippen LogP) is 3.82. The van der Waals surface area contributed by atoms with Crippen molar-refractivity contribution in [3.8, 4) is 5.69 Å². The fourth-order valence-corrected chi connectivity index (χ4v) is 2.09. The highest BCUT2D eigenvalue weighted by molar-refractivity contribution is 6.30. The molecule has 5 heteroatoms. The summed E-state index contributed by atoms with van der Waals surface area (Å²) in [4.78, 5) is 15.9. The lowest BCUT2D eigenvalue weighted by Gasteiger charge is -2.00. The van der Waals surface area contributed by atoms with E-state index in [0.29, 0.717) is 10.6 Å². The fraction of sp³-hybridized carbons (Fsp3) is 0. The molecule has 4 nitrogen and oxygen atoms in total. The molecule has 3 rings (SSSR count). The van der Waals surface area contributed by atoms with E-state index in [1.165, 1.54) is 6.33 Å². The van der Waals surface area contributed by atoms with Crippen LogP contribution in [0.4, 0.5) is 0 Å². The van der Waals surface area contributed by atoms with Crippen LogP contribution >= 0.6 is 11.6 Å². The van der Waals surface area contributed by atoms with Gasteiger partial charge in [0.15, 0.2) is 5.78 Å². The van der Waals surface area contributed by atoms with E-state index in [0.717, 1.165) is 11.3 Å². The van der Waals surface area contributed by atoms with E-state index >= 15 is 0 Å². The van der Waals surface area contributed by atoms with Crippen molar-refractivity contribution in [2.75, 3.05) is 0 Å². The number of allylic oxidation sites excluding steroid dienone is 1. The minimum atomic E-state index is -0.0583. The standard InChI is InChI=1S/C17H12ClN3O/c18-15-6-4-14(5-7-15)17(22)10-3-13-1-8-16(9-2-13)21-12-19-11-20-21/h1-12H. The SMILES string of the molecule is O=C(C=Cc1ccc(-n2cncn2)cc1)c1ccc(Cl)cc1. The smallest absolute Gasteiger partial charge is 0.185 e. The number of carbonyl (C=O) groups excluding carboxylic acids is 1. The molecule has 0 unspecified atom stereocenters. The Morgan fingerprint density at radius 2 is 1.77 bits per heavy atom. The molecule has 3 aromatic rings. The molecule has 0 aliphatic carbocycles. The van der Waals surface area contributed by atoms with Gasteiger partial charge in [-0.3, -0.25) is 4.79 Å². The maximum Gasteiger partial charge on any atom is 0.185 e. The Labute approximate surface area is 132 Å². The van der Waals surface area contributed by atoms with Crippen LogP contribution in [0.3, 0.4) is 0 Å². The zero-order valence-corrected chi connectivity index (χ0v) is 12.3. The van der Waals surface area contributed by atoms with Crippen LogP contribution in [0.1, 0.15) is 15.9 Å². The number of aromatic nitrogens is 3. The van der Waals surface area contributed by atoms with Gasteiger partial charge in [0, 0.05) is 10.6 Å². The summed E-state index contributed by atoms with van der Waals surface area (Å²) in [6, 6.07) is 14.5. The molecule has 2 aromatic carbocycles. The summed E-state index contributed by atoms with van der Waals surface area (Å²) in [5.74, 6) is -0.0583. The first-order chi connectivity index (χ1) is 10.7. The highest BCUT2D eigenvalue weighted by Gasteiger charge is 2.01. The van der Waals surface area contributed by atoms with Crippen molar-refractivity contribution in [2.45, 2.75) is 0 Å². The summed E-state index contributed by atoms with van der Waals surface area (Å²) in [7, 11) is 0. The molecule has 108 valence electrons. The van der Waals surface area contributed by atoms with Crippen LogP contribution in [0.2, 0.25) is 5.02 Å². The molecule has 0 spiro atoms. The number of rotatable bonds is 4. The Hall–Kier alpha value is -2.72. The van der Waals surface area contributed by atoms with E-state index < -0.39 is 0 Å². The molecule has 0 aliphatic heterocycles. The van der Waals surface area contributed by atoms with Gasteiger partial charge in [0.05, 0.1) is 5.69 Å². The van der Waals surface area contributed by atoms with Gasteiger partial charge in [-0.05, 0) is 48.0 Å². The van der Waals surface area contributed by atoms with Crippen molar-refractivity contribution in [3.63, 3.8) is 0 Å². The number of hydrogen-bond acceptors (Lipinski definition) is 3. The minimum absolute atomic E-state index is 0.0583. The van der Waals surface area contributed by atoms with Crippen molar-refractivity contribution in [3.05, 3.63) is 83.4 Å². The largest absolute Gasteiger partial charge is 0.289 e. The van der Waals surface area contributed by atoms with Crippen LogP contribution in [-0.2, 0) is 0 Å². The second-order valence-electron chi connectivity index (χ2n) is 4.64. The average molecular weight is 310 g/mol. The van der Waals surface area contributed by atoms with Gasteiger partial charge in [0.2, 0.25) is 0 Å². The first-order valence-electron chi connectivity index (χ1n) is 6.65. The lowest BCUT2D eigenvalue weighted by Crippen LogP contribution is -1.94. The molecule has 1 aromatic heterocycles. The summed E-state index contributed by atoms with van der Waals surface area (Å²) in [6.07, 6.45) is 6.45. The zero-order valence-electron chi connectivity index (χ0n) is 11.6. The lowest BCUT2D eigenvalue weighted by atomic mass is 10.1. The molecule has 0 atom stereocenters. The molecule has 0 amide bonds. The molecule has 0 aliphatic rings. The number of halogens is 1. The van der Waals surface area contributed by atoms with Crippen molar-refractivity contribution in [1.82, 2.24) is 14.8 Å². The quantitative estimate of drug-likeness (QED) is 0.544. The van der Waals surface area contributed by atoms with E-state index in [9.17, 15) is 4.79 Å². The number of hydrogen-bond donors (Lipinski definition) is 0. The molecular formula is C17H12ClN3O. The maximum atomic E-state index is 12.0. The third kappa shape index (κ3) is 3.30. The number of ketones is 1. The Balaban J connectivity index is 1.72. The first kappa shape index (κ1) is 14.2. The highest BCUT2D eigenvalue weighted by Crippen LogP contribution is 2.12. The van der Waals surface area contributed by atoms with Crippen molar-refractivity contribution < 1.29 is 4.79 Å². The minimum Gasteiger partial charge on any atom is -0.289 e. The zero-order chi connectivity index (χ0) is 15.4. The summed E-state index contributed by atoms with van der Waals surface area (Å²) in [6.45, 7) is 0. The number of benzene rings is 2. The monoisotopic (exact) mass is 309 g/mol. The van der Waals surface area contributed by atoms with E-state index in [4.69, 9.17) is 11.6 Å². The molecule has 22 heavy (non-hydrogen) atoms. The average Bonchev–Trinajstić information content (AvgIpc) is 3.08. The van der Waals surface area contributed by atoms with Crippen molar-refractivity contribution >= 4 is 23.5 Å². The third-order valence-corrected chi connectivity index (χ3v) is 3.38. The van der Waals surface area contributed by atoms with Gasteiger partial charge >= 0.3 is 0 Å². The van der Waals surface area contributed by atoms with Crippen LogP contribution in [-0.4, -0.2) is 20.5 Å². The van der Waals surface area contributed by atoms with Gasteiger partial charge in [0.25, 0.3) is 0 Å². The summed E-state index contributed by atoms with van der Waals surface area (Å²) < 4.78 is 1.67. The van der Waals surface area contributed by atoms with E-state index in [2.05, 4.69) is 10.1 Å². The van der Waals surface area contributed by atoms with Crippen molar-refractivity contribution in [1.29, 1.82) is 0 Å². The topological polar surface area (TPSA) is 47.8 Å². The van der Waals surface area contributed by atoms with Crippen molar-refractivity contribution in [2.24, 2.45) is 0 Å². The second kappa shape index (κ2) is 6.37. The second-order valence-corrected chi connectivity index (χ2v) is 5.07. The molecule has 0 radical (unpaired) electrons. The lowest BCUT2D eigenvalue weighted by molar-refractivity contribution is 0.104. The normalized spacial score (nSPS) is 11.0. The van der Waals surface area contributed by atoms with Gasteiger partial charge in [-0.15, -0.1) is 0 Å². The van der Waals surface area contributed by atoms with E-state index in [1.54, 1.807) is 47.4 Å². The first-order valence-corrected chi connectivity index (χ1v) is 7.03. The molecule has 1 heterocycles. The third-order valence-electron chi connectivity index (χ3n) is 3.13. The van der Waals surface area contributed by atoms with Gasteiger partial charge in [-0.2, -0.15) is 5.10 Å². The van der Waals surface area contributed by atoms with E-state index in [-0.39, 0.29) is 5.78 Å². The molecule has 0 bridgehead atoms. The molecule has 0 saturated heterocycles. The summed E-state index contributed by atoms with van der Waals surface area (Å²) >= 11 is 5.81. The van der Waals surface area contributed by atoms with E-state index in [1.807, 2.05) is 24.3 Å². The van der Waals surface area contributed by atoms with Gasteiger partial charge in [-0.1, -0.05) is 29.8 Å². The van der Waals surface area contributed by atoms with Gasteiger partial charge in [-0.25, -0.2) is 9.67 Å². The van der Waals surface area contributed by atoms with Gasteiger partial charge in [0.1, 0.15) is 12.7 Å². The summed E-state index contributed by atoms with van der Waals surface area (Å²) in [5.41, 5.74) is 2.46. The summed E-state index contributed by atoms with van der Waals surface area (Å²) in [5, 5.41) is 4.67.